The van der Waals surface area contributed by atoms with E-state index in [1.54, 1.807) is 6.07 Å². The molecule has 0 bridgehead atoms. The molecule has 1 saturated carbocycles. The number of nitro groups is 1. The van der Waals surface area contributed by atoms with E-state index in [4.69, 9.17) is 62.5 Å². The normalized spacial score (nSPS) is 16.8. The van der Waals surface area contributed by atoms with E-state index in [-0.39, 0.29) is 29.0 Å². The number of halogens is 1. The number of non-ortho nitro benzene ring substituents is 1. The van der Waals surface area contributed by atoms with Crippen molar-refractivity contribution in [2.45, 2.75) is 54.7 Å². The number of ether oxygens (including phenoxy) is 3. The molecule has 0 spiro atoms. The average molecular weight is 983 g/mol. The molecule has 1 aliphatic carbocycles. The van der Waals surface area contributed by atoms with Gasteiger partial charge in [-0.05, 0) is 111 Å². The number of rotatable bonds is 6. The van der Waals surface area contributed by atoms with E-state index in [9.17, 15) is 20.3 Å². The summed E-state index contributed by atoms with van der Waals surface area (Å²) >= 11 is 23.9. The Morgan fingerprint density at radius 3 is 2.40 bits per heavy atom. The Hall–Kier alpha value is -6.09. The van der Waals surface area contributed by atoms with Crippen LogP contribution in [0.3, 0.4) is 0 Å². The number of anilines is 3. The number of imidazole rings is 1. The molecule has 0 radical (unpaired) electrons. The summed E-state index contributed by atoms with van der Waals surface area (Å²) in [5, 5.41) is 42.2. The zero-order valence-corrected chi connectivity index (χ0v) is 39.1. The lowest BCUT2D eigenvalue weighted by Gasteiger charge is -2.40. The van der Waals surface area contributed by atoms with Gasteiger partial charge in [-0.15, -0.1) is 11.3 Å². The highest BCUT2D eigenvalue weighted by molar-refractivity contribution is 8.01. The molecule has 0 amide bonds. The topological polar surface area (TPSA) is 178 Å². The highest BCUT2D eigenvalue weighted by Crippen LogP contribution is 2.56. The number of thiazole rings is 1. The van der Waals surface area contributed by atoms with Crippen LogP contribution in [0.5, 0.6) is 11.5 Å². The SMILES string of the molecule is Cc1cn(-c2cc(C)c3c(c2)COC(=S)N3)cn1.O=[N+]([O-])c1ccc2nc(Sc3cc(O)c4c(c3O)COC(=S)N4)sc2c1.S=C1Nc2ccc(Cl)cc2C(c2ccccc2)(C2CC2)O1. The number of aromatic nitrogens is 3. The smallest absolute Gasteiger partial charge is 0.270 e. The number of nitrogens with zero attached hydrogens (tertiary/aromatic N) is 4. The van der Waals surface area contributed by atoms with E-state index >= 15 is 0 Å². The fraction of sp³-hybridized carbons (Fsp3) is 0.178. The summed E-state index contributed by atoms with van der Waals surface area (Å²) in [4.78, 5) is 19.5. The molecule has 20 heteroatoms. The van der Waals surface area contributed by atoms with Crippen molar-refractivity contribution >= 4 is 120 Å². The van der Waals surface area contributed by atoms with Crippen molar-refractivity contribution in [1.82, 2.24) is 14.5 Å². The van der Waals surface area contributed by atoms with E-state index in [1.807, 2.05) is 60.4 Å². The van der Waals surface area contributed by atoms with Crippen LogP contribution < -0.4 is 16.0 Å². The van der Waals surface area contributed by atoms with Crippen LogP contribution >= 0.6 is 71.4 Å². The molecular formula is C45H36ClN7O7S5. The van der Waals surface area contributed by atoms with Crippen LogP contribution in [0.4, 0.5) is 22.7 Å². The highest BCUT2D eigenvalue weighted by Gasteiger charge is 2.53. The van der Waals surface area contributed by atoms with Gasteiger partial charge in [0.25, 0.3) is 21.2 Å². The number of aryl methyl sites for hydroxylation is 2. The van der Waals surface area contributed by atoms with Crippen LogP contribution in [0.25, 0.3) is 15.9 Å². The van der Waals surface area contributed by atoms with Gasteiger partial charge < -0.3 is 44.9 Å². The number of benzene rings is 5. The third kappa shape index (κ3) is 9.12. The van der Waals surface area contributed by atoms with E-state index < -0.39 is 10.5 Å². The summed E-state index contributed by atoms with van der Waals surface area (Å²) in [5.41, 5.74) is 9.46. The number of phenolic OH excluding ortho intramolecular Hbond substituents is 2. The molecule has 3 aliphatic heterocycles. The maximum Gasteiger partial charge on any atom is 0.270 e. The molecule has 5 heterocycles. The summed E-state index contributed by atoms with van der Waals surface area (Å²) in [6.07, 6.45) is 6.11. The minimum Gasteiger partial charge on any atom is -0.506 e. The minimum atomic E-state index is -0.510. The number of aromatic hydroxyl groups is 2. The number of thiocarbonyl (C=S) groups is 3. The van der Waals surface area contributed by atoms with Crippen LogP contribution in [-0.4, -0.2) is 45.2 Å². The number of nitrogens with one attached hydrogen (secondary N) is 3. The second kappa shape index (κ2) is 18.1. The lowest BCUT2D eigenvalue weighted by molar-refractivity contribution is -0.384. The Morgan fingerprint density at radius 2 is 1.68 bits per heavy atom. The summed E-state index contributed by atoms with van der Waals surface area (Å²) in [7, 11) is 0. The van der Waals surface area contributed by atoms with E-state index in [0.717, 1.165) is 69.6 Å². The maximum absolute atomic E-state index is 10.9. The third-order valence-electron chi connectivity index (χ3n) is 10.9. The van der Waals surface area contributed by atoms with Gasteiger partial charge >= 0.3 is 0 Å². The van der Waals surface area contributed by atoms with E-state index in [0.29, 0.717) is 58.6 Å². The van der Waals surface area contributed by atoms with Crippen molar-refractivity contribution in [3.63, 3.8) is 0 Å². The first-order valence-electron chi connectivity index (χ1n) is 19.9. The van der Waals surface area contributed by atoms with Crippen molar-refractivity contribution in [3.05, 3.63) is 146 Å². The molecule has 0 saturated heterocycles. The molecule has 7 aromatic rings. The molecule has 5 N–H and O–H groups in total. The standard InChI is InChI=1S/C17H14ClNOS.C15H9N3O5S3.C13H13N3OS/c18-13-8-9-15-14(10-13)17(12-6-7-12,20-16(21)19-15)11-4-2-1-3-5-11;19-9-4-11(13(20)7-5-23-14(24)17-12(7)9)26-15-16-8-2-1-6(18(21)22)3-10(8)25-15;1-8-3-11(16-5-9(2)14-7-16)4-10-6-17-13(18)15-12(8)10/h1-5,8-10,12H,6-7H2,(H,19,21);1-4,19-20H,5H2,(H,17,24);3-5,7H,6H2,1-2H3,(H,15,18). The molecule has 1 atom stereocenters. The van der Waals surface area contributed by atoms with Gasteiger partial charge in [0.1, 0.15) is 24.7 Å². The Balaban J connectivity index is 0.000000125. The monoisotopic (exact) mass is 981 g/mol. The van der Waals surface area contributed by atoms with Crippen molar-refractivity contribution in [2.24, 2.45) is 5.92 Å². The largest absolute Gasteiger partial charge is 0.506 e. The Morgan fingerprint density at radius 1 is 0.923 bits per heavy atom. The van der Waals surface area contributed by atoms with E-state index in [2.05, 4.69) is 57.1 Å². The predicted molar refractivity (Wildman–Crippen MR) is 264 cm³/mol. The Labute approximate surface area is 401 Å². The summed E-state index contributed by atoms with van der Waals surface area (Å²) in [5.74, 6) is 0.336. The van der Waals surface area contributed by atoms with Crippen molar-refractivity contribution < 1.29 is 29.3 Å². The van der Waals surface area contributed by atoms with E-state index in [1.165, 1.54) is 29.5 Å². The fourth-order valence-corrected chi connectivity index (χ4v) is 10.7. The Kier molecular flexibility index (Phi) is 12.3. The lowest BCUT2D eigenvalue weighted by atomic mass is 9.80. The maximum atomic E-state index is 10.9. The number of nitro benzene ring substituents is 1. The van der Waals surface area contributed by atoms with Crippen molar-refractivity contribution in [2.75, 3.05) is 16.0 Å². The first-order chi connectivity index (χ1) is 31.2. The zero-order chi connectivity index (χ0) is 45.6. The van der Waals surface area contributed by atoms with Gasteiger partial charge in [-0.3, -0.25) is 10.1 Å². The fourth-order valence-electron chi connectivity index (χ4n) is 7.79. The van der Waals surface area contributed by atoms with Crippen LogP contribution in [0.2, 0.25) is 5.02 Å². The predicted octanol–water partition coefficient (Wildman–Crippen LogP) is 11.4. The second-order valence-corrected chi connectivity index (χ2v) is 19.2. The van der Waals surface area contributed by atoms with Crippen LogP contribution in [0.1, 0.15) is 46.4 Å². The summed E-state index contributed by atoms with van der Waals surface area (Å²) < 4.78 is 20.0. The van der Waals surface area contributed by atoms with Gasteiger partial charge in [-0.2, -0.15) is 0 Å². The molecule has 4 aliphatic rings. The number of hydrogen-bond acceptors (Lipinski definition) is 14. The van der Waals surface area contributed by atoms with Gasteiger partial charge in [-0.25, -0.2) is 9.97 Å². The van der Waals surface area contributed by atoms with Crippen LogP contribution in [0.15, 0.2) is 107 Å². The third-order valence-corrected chi connectivity index (χ3v) is 13.9. The Bertz CT molecular complexity index is 3070. The molecule has 11 rings (SSSR count). The molecule has 1 unspecified atom stereocenters. The van der Waals surface area contributed by atoms with Crippen molar-refractivity contribution in [3.8, 4) is 17.2 Å². The minimum absolute atomic E-state index is 0.00818. The van der Waals surface area contributed by atoms with Gasteiger partial charge in [-0.1, -0.05) is 53.7 Å². The lowest BCUT2D eigenvalue weighted by Crippen LogP contribution is -2.42. The molecule has 14 nitrogen and oxygen atoms in total. The zero-order valence-electron chi connectivity index (χ0n) is 34.3. The van der Waals surface area contributed by atoms with Gasteiger partial charge in [0.2, 0.25) is 0 Å². The average Bonchev–Trinajstić information content (AvgIpc) is 3.93. The first kappa shape index (κ1) is 44.1. The van der Waals surface area contributed by atoms with Gasteiger partial charge in [0.05, 0.1) is 49.0 Å². The summed E-state index contributed by atoms with van der Waals surface area (Å²) in [6.45, 7) is 4.60. The van der Waals surface area contributed by atoms with Gasteiger partial charge in [0, 0.05) is 57.3 Å². The molecule has 5 aromatic carbocycles. The molecule has 65 heavy (non-hydrogen) atoms. The molecule has 1 fully saturated rings. The molecule has 2 aromatic heterocycles. The highest BCUT2D eigenvalue weighted by atomic mass is 35.5. The number of phenols is 2. The van der Waals surface area contributed by atoms with Crippen LogP contribution in [-0.2, 0) is 33.0 Å². The van der Waals surface area contributed by atoms with Crippen molar-refractivity contribution in [1.29, 1.82) is 0 Å². The summed E-state index contributed by atoms with van der Waals surface area (Å²) in [6, 6.07) is 26.2. The quantitative estimate of drug-likeness (QED) is 0.0349. The molecular weight excluding hydrogens is 946 g/mol. The molecule has 330 valence electrons. The van der Waals surface area contributed by atoms with Crippen LogP contribution in [0, 0.1) is 29.9 Å². The number of hydrogen-bond donors (Lipinski definition) is 5. The first-order valence-corrected chi connectivity index (χ1v) is 23.2. The van der Waals surface area contributed by atoms with Gasteiger partial charge in [0.15, 0.2) is 9.94 Å². The number of fused-ring (bicyclic) bond motifs is 4. The second-order valence-electron chi connectivity index (χ2n) is 15.3.